The Morgan fingerprint density at radius 2 is 0.788 bits per heavy atom. The van der Waals surface area contributed by atoms with Crippen molar-refractivity contribution in [2.45, 2.75) is 12.3 Å². The summed E-state index contributed by atoms with van der Waals surface area (Å²) >= 11 is 15.5. The molecule has 0 bridgehead atoms. The summed E-state index contributed by atoms with van der Waals surface area (Å²) in [5.41, 5.74) is 4.60. The second-order valence-corrected chi connectivity index (χ2v) is 19.1. The molecular weight excluding hydrogens is 1080 g/mol. The molecule has 0 radical (unpaired) electrons. The second kappa shape index (κ2) is 25.2. The first kappa shape index (κ1) is 53.0. The van der Waals surface area contributed by atoms with Crippen LogP contribution in [0, 0.1) is 6.42 Å². The molecule has 0 heterocycles. The summed E-state index contributed by atoms with van der Waals surface area (Å²) in [7, 11) is 0. The van der Waals surface area contributed by atoms with Crippen molar-refractivity contribution in [1.82, 2.24) is 0 Å². The number of halogens is 17. The normalized spacial score (nSPS) is 12.9. The quantitative estimate of drug-likeness (QED) is 0.0830. The van der Waals surface area contributed by atoms with Crippen LogP contribution in [0.15, 0.2) is 139 Å². The van der Waals surface area contributed by atoms with Gasteiger partial charge in [0, 0.05) is 50.6 Å². The number of allylic oxidation sites excluding steroid dienone is 5. The number of benzene rings is 4. The van der Waals surface area contributed by atoms with E-state index in [0.717, 1.165) is 42.7 Å². The predicted octanol–water partition coefficient (Wildman–Crippen LogP) is 12.9. The summed E-state index contributed by atoms with van der Waals surface area (Å²) < 4.78 is 99.1. The summed E-state index contributed by atoms with van der Waals surface area (Å²) in [6.45, 7) is 3.70. The molecule has 288 valence electrons. The molecule has 1 aliphatic carbocycles. The second-order valence-electron chi connectivity index (χ2n) is 9.39. The zero-order chi connectivity index (χ0) is 39.4. The van der Waals surface area contributed by atoms with Gasteiger partial charge in [0.1, 0.15) is 5.03 Å². The molecule has 0 atom stereocenters. The number of hydrogen-bond donors (Lipinski definition) is 0. The standard InChI is InChI=1S/C13H10Cl2.C7H6Cl2.C7H6Cl.C6H5Cl.ClH.10FH.2Sb/c14-12-5-1-10(2-6-12)9-11-3-7-13(15)8-4-11;8-5-6-1-3-7(9)4-2-6;1-6-2-4-7(8)5-3-6;7-6-4-2-1-3-5-6;;;;;;;;;;;;;/h1-8H,9H2;1-4H,5H2;2-5H,1H2;1-5H;11*1H;;/q;;+1;;;;;;;;;;;;;2*+5/p-11. The van der Waals surface area contributed by atoms with Crippen molar-refractivity contribution in [2.24, 2.45) is 0 Å². The van der Waals surface area contributed by atoms with E-state index >= 15 is 0 Å². The molecular formula is C33H27Cl7F10Sb2. The third kappa shape index (κ3) is 40.1. The van der Waals surface area contributed by atoms with Gasteiger partial charge in [0.25, 0.3) is 0 Å². The van der Waals surface area contributed by atoms with Gasteiger partial charge in [0.2, 0.25) is 0 Å². The molecule has 0 unspecified atom stereocenters. The topological polar surface area (TPSA) is 0 Å². The van der Waals surface area contributed by atoms with Crippen molar-refractivity contribution in [3.8, 4) is 0 Å². The molecule has 0 saturated heterocycles. The number of hydrogen-bond acceptors (Lipinski definition) is 0. The first-order valence-electron chi connectivity index (χ1n) is 13.5. The molecule has 0 nitrogen and oxygen atoms in total. The SMILES string of the molecule is C=C1C=CC(Cl)=C[CH+]1.ClCc1ccc(Cl)cc1.Clc1ccc(Cc2ccc(Cl)cc2)cc1.Clc1ccccc1.[Cl-].[F][Sb]([F])([F])([F])[F].[F][Sb]([F])([F])([F])[F]. The Hall–Kier alpha value is -1.06. The molecule has 4 aromatic carbocycles. The first-order chi connectivity index (χ1) is 23.2. The fourth-order valence-electron chi connectivity index (χ4n) is 2.91. The van der Waals surface area contributed by atoms with Crippen molar-refractivity contribution in [3.63, 3.8) is 0 Å². The van der Waals surface area contributed by atoms with E-state index < -0.39 is 40.6 Å². The van der Waals surface area contributed by atoms with E-state index in [9.17, 15) is 28.1 Å². The Kier molecular flexibility index (Phi) is 25.7. The van der Waals surface area contributed by atoms with Gasteiger partial charge in [-0.15, -0.1) is 11.6 Å². The van der Waals surface area contributed by atoms with Crippen LogP contribution in [0.2, 0.25) is 20.1 Å². The van der Waals surface area contributed by atoms with E-state index in [-0.39, 0.29) is 12.4 Å². The number of alkyl halides is 1. The molecule has 4 aromatic rings. The van der Waals surface area contributed by atoms with Crippen LogP contribution in [0.4, 0.5) is 28.1 Å². The summed E-state index contributed by atoms with van der Waals surface area (Å²) in [5, 5.41) is 3.86. The van der Waals surface area contributed by atoms with Gasteiger partial charge in [-0.25, -0.2) is 0 Å². The van der Waals surface area contributed by atoms with Crippen LogP contribution in [0.1, 0.15) is 16.7 Å². The minimum absolute atomic E-state index is 0. The first-order valence-corrected chi connectivity index (χ1v) is 25.6. The van der Waals surface area contributed by atoms with Gasteiger partial charge in [-0.2, -0.15) is 0 Å². The van der Waals surface area contributed by atoms with Crippen molar-refractivity contribution in [1.29, 1.82) is 0 Å². The molecule has 0 saturated carbocycles. The van der Waals surface area contributed by atoms with E-state index in [0.29, 0.717) is 5.88 Å². The van der Waals surface area contributed by atoms with Crippen molar-refractivity contribution >= 4 is 110 Å². The minimum atomic E-state index is -9.19. The number of rotatable bonds is 3. The van der Waals surface area contributed by atoms with Crippen LogP contribution in [0.5, 0.6) is 0 Å². The Balaban J connectivity index is 0. The predicted molar refractivity (Wildman–Crippen MR) is 197 cm³/mol. The Labute approximate surface area is 341 Å². The van der Waals surface area contributed by atoms with Crippen LogP contribution in [-0.4, -0.2) is 40.6 Å². The van der Waals surface area contributed by atoms with Crippen LogP contribution < -0.4 is 12.4 Å². The van der Waals surface area contributed by atoms with Crippen molar-refractivity contribution in [3.05, 3.63) is 182 Å². The van der Waals surface area contributed by atoms with Crippen LogP contribution in [-0.2, 0) is 12.3 Å². The average Bonchev–Trinajstić information content (AvgIpc) is 3.00. The van der Waals surface area contributed by atoms with Gasteiger partial charge in [-0.05, 0) is 89.8 Å². The van der Waals surface area contributed by atoms with E-state index in [1.54, 1.807) is 0 Å². The molecule has 0 spiro atoms. The van der Waals surface area contributed by atoms with Crippen molar-refractivity contribution < 1.29 is 40.5 Å². The fourth-order valence-corrected chi connectivity index (χ4v) is 3.74. The monoisotopic (exact) mass is 1100 g/mol. The van der Waals surface area contributed by atoms with Crippen LogP contribution in [0.25, 0.3) is 0 Å². The molecule has 0 aromatic heterocycles. The average molecular weight is 1110 g/mol. The van der Waals surface area contributed by atoms with E-state index in [1.807, 2.05) is 128 Å². The maximum absolute atomic E-state index is 9.91. The van der Waals surface area contributed by atoms with Crippen LogP contribution in [0.3, 0.4) is 0 Å². The summed E-state index contributed by atoms with van der Waals surface area (Å²) in [6, 6.07) is 32.7. The Morgan fingerprint density at radius 3 is 1.02 bits per heavy atom. The van der Waals surface area contributed by atoms with Gasteiger partial charge >= 0.3 is 68.7 Å². The van der Waals surface area contributed by atoms with E-state index in [4.69, 9.17) is 69.6 Å². The third-order valence-electron chi connectivity index (χ3n) is 4.95. The molecule has 0 fully saturated rings. The van der Waals surface area contributed by atoms with Gasteiger partial charge in [-0.3, -0.25) is 0 Å². The summed E-state index contributed by atoms with van der Waals surface area (Å²) in [5.74, 6) is 0.553. The zero-order valence-corrected chi connectivity index (χ0v) is 36.5. The van der Waals surface area contributed by atoms with E-state index in [2.05, 4.69) is 6.58 Å². The van der Waals surface area contributed by atoms with Gasteiger partial charge in [0.05, 0.1) is 5.57 Å². The molecule has 5 rings (SSSR count). The summed E-state index contributed by atoms with van der Waals surface area (Å²) in [4.78, 5) is 0. The Bertz CT molecular complexity index is 1560. The fraction of sp³-hybridized carbons (Fsp3) is 0.0606. The van der Waals surface area contributed by atoms with Gasteiger partial charge < -0.3 is 12.4 Å². The maximum atomic E-state index is 9.91. The molecule has 19 heteroatoms. The Morgan fingerprint density at radius 1 is 0.481 bits per heavy atom. The molecule has 0 amide bonds. The van der Waals surface area contributed by atoms with Crippen molar-refractivity contribution in [2.75, 3.05) is 0 Å². The molecule has 0 N–H and O–H groups in total. The molecule has 0 aliphatic heterocycles. The molecule has 1 aliphatic rings. The van der Waals surface area contributed by atoms with Gasteiger partial charge in [-0.1, -0.05) is 101 Å². The zero-order valence-electron chi connectivity index (χ0n) is 26.1. The summed E-state index contributed by atoms with van der Waals surface area (Å²) in [6.07, 6.45) is 8.31. The van der Waals surface area contributed by atoms with E-state index in [1.165, 1.54) is 11.1 Å². The third-order valence-corrected chi connectivity index (χ3v) is 6.52. The molecule has 52 heavy (non-hydrogen) atoms. The van der Waals surface area contributed by atoms with Gasteiger partial charge in [0.15, 0.2) is 0 Å². The van der Waals surface area contributed by atoms with Crippen LogP contribution >= 0.6 is 69.6 Å².